The van der Waals surface area contributed by atoms with Gasteiger partial charge in [0.2, 0.25) is 5.90 Å². The molecule has 0 aromatic heterocycles. The van der Waals surface area contributed by atoms with Crippen molar-refractivity contribution in [2.75, 3.05) is 0 Å². The second-order valence-corrected chi connectivity index (χ2v) is 7.21. The zero-order valence-corrected chi connectivity index (χ0v) is 16.1. The second kappa shape index (κ2) is 7.39. The van der Waals surface area contributed by atoms with Crippen LogP contribution in [0.5, 0.6) is 0 Å². The SMILES string of the molecule is Cc1ccccc1C1=NC(c2ccc(-c3ccc(C(F)(F)F)cc3)cc2)[C@H](C)O1. The van der Waals surface area contributed by atoms with Crippen molar-refractivity contribution in [3.8, 4) is 11.1 Å². The largest absolute Gasteiger partial charge is 0.472 e. The average molecular weight is 395 g/mol. The Morgan fingerprint density at radius 1 is 0.828 bits per heavy atom. The molecule has 0 aliphatic carbocycles. The van der Waals surface area contributed by atoms with Crippen LogP contribution in [0.3, 0.4) is 0 Å². The molecule has 29 heavy (non-hydrogen) atoms. The first-order chi connectivity index (χ1) is 13.8. The first kappa shape index (κ1) is 19.2. The van der Waals surface area contributed by atoms with Gasteiger partial charge in [-0.3, -0.25) is 0 Å². The van der Waals surface area contributed by atoms with Crippen LogP contribution in [-0.2, 0) is 10.9 Å². The van der Waals surface area contributed by atoms with Crippen LogP contribution in [0.15, 0.2) is 77.8 Å². The minimum absolute atomic E-state index is 0.0958. The van der Waals surface area contributed by atoms with E-state index in [9.17, 15) is 13.2 Å². The highest BCUT2D eigenvalue weighted by Crippen LogP contribution is 2.34. The number of alkyl halides is 3. The highest BCUT2D eigenvalue weighted by atomic mass is 19.4. The first-order valence-corrected chi connectivity index (χ1v) is 9.41. The van der Waals surface area contributed by atoms with E-state index >= 15 is 0 Å². The van der Waals surface area contributed by atoms with Crippen molar-refractivity contribution in [1.82, 2.24) is 0 Å². The van der Waals surface area contributed by atoms with E-state index in [1.165, 1.54) is 12.1 Å². The summed E-state index contributed by atoms with van der Waals surface area (Å²) < 4.78 is 44.2. The summed E-state index contributed by atoms with van der Waals surface area (Å²) in [5, 5.41) is 0. The molecule has 0 radical (unpaired) electrons. The maximum absolute atomic E-state index is 12.7. The Labute approximate surface area is 167 Å². The molecule has 2 atom stereocenters. The molecule has 0 bridgehead atoms. The smallest absolute Gasteiger partial charge is 0.416 e. The number of benzene rings is 3. The summed E-state index contributed by atoms with van der Waals surface area (Å²) in [6.07, 6.45) is -4.42. The molecule has 0 saturated heterocycles. The Balaban J connectivity index is 1.57. The maximum atomic E-state index is 12.7. The predicted octanol–water partition coefficient (Wildman–Crippen LogP) is 6.59. The lowest BCUT2D eigenvalue weighted by atomic mass is 9.98. The molecule has 3 aromatic rings. The van der Waals surface area contributed by atoms with E-state index in [2.05, 4.69) is 0 Å². The van der Waals surface area contributed by atoms with E-state index in [-0.39, 0.29) is 12.1 Å². The fourth-order valence-electron chi connectivity index (χ4n) is 3.52. The van der Waals surface area contributed by atoms with Crippen molar-refractivity contribution in [3.63, 3.8) is 0 Å². The minimum Gasteiger partial charge on any atom is -0.472 e. The quantitative estimate of drug-likeness (QED) is 0.490. The molecule has 2 nitrogen and oxygen atoms in total. The van der Waals surface area contributed by atoms with Gasteiger partial charge in [0.15, 0.2) is 0 Å². The molecule has 5 heteroatoms. The van der Waals surface area contributed by atoms with Crippen molar-refractivity contribution in [2.24, 2.45) is 4.99 Å². The molecule has 148 valence electrons. The van der Waals surface area contributed by atoms with Crippen LogP contribution in [0.2, 0.25) is 0 Å². The van der Waals surface area contributed by atoms with Crippen LogP contribution in [0.1, 0.15) is 35.2 Å². The van der Waals surface area contributed by atoms with E-state index in [1.807, 2.05) is 62.4 Å². The number of nitrogens with zero attached hydrogens (tertiary/aromatic N) is 1. The van der Waals surface area contributed by atoms with Gasteiger partial charge in [-0.1, -0.05) is 54.6 Å². The highest BCUT2D eigenvalue weighted by molar-refractivity contribution is 5.96. The molecule has 0 spiro atoms. The molecular formula is C24H20F3NO. The molecule has 0 amide bonds. The summed E-state index contributed by atoms with van der Waals surface area (Å²) in [6, 6.07) is 20.8. The lowest BCUT2D eigenvalue weighted by molar-refractivity contribution is -0.137. The molecule has 0 saturated carbocycles. The molecule has 1 aliphatic rings. The zero-order valence-electron chi connectivity index (χ0n) is 16.1. The Morgan fingerprint density at radius 3 is 2.00 bits per heavy atom. The number of rotatable bonds is 3. The van der Waals surface area contributed by atoms with Crippen molar-refractivity contribution in [2.45, 2.75) is 32.2 Å². The molecule has 0 fully saturated rings. The van der Waals surface area contributed by atoms with Gasteiger partial charge in [0.25, 0.3) is 0 Å². The van der Waals surface area contributed by atoms with Crippen LogP contribution in [-0.4, -0.2) is 12.0 Å². The predicted molar refractivity (Wildman–Crippen MR) is 108 cm³/mol. The maximum Gasteiger partial charge on any atom is 0.416 e. The lowest BCUT2D eigenvalue weighted by Gasteiger charge is -2.14. The van der Waals surface area contributed by atoms with E-state index in [1.54, 1.807) is 0 Å². The summed E-state index contributed by atoms with van der Waals surface area (Å²) in [6.45, 7) is 4.02. The average Bonchev–Trinajstić information content (AvgIpc) is 3.09. The third kappa shape index (κ3) is 3.90. The Kier molecular flexibility index (Phi) is 4.91. The number of aryl methyl sites for hydroxylation is 1. The van der Waals surface area contributed by atoms with Gasteiger partial charge in [0.05, 0.1) is 5.56 Å². The van der Waals surface area contributed by atoms with Gasteiger partial charge >= 0.3 is 6.18 Å². The van der Waals surface area contributed by atoms with Crippen LogP contribution >= 0.6 is 0 Å². The van der Waals surface area contributed by atoms with E-state index in [4.69, 9.17) is 9.73 Å². The Morgan fingerprint density at radius 2 is 1.41 bits per heavy atom. The van der Waals surface area contributed by atoms with E-state index in [0.717, 1.165) is 39.9 Å². The summed E-state index contributed by atoms with van der Waals surface area (Å²) in [5.41, 5.74) is 4.06. The molecule has 1 heterocycles. The summed E-state index contributed by atoms with van der Waals surface area (Å²) in [5.74, 6) is 0.646. The molecule has 0 N–H and O–H groups in total. The number of hydrogen-bond acceptors (Lipinski definition) is 2. The van der Waals surface area contributed by atoms with E-state index in [0.29, 0.717) is 5.90 Å². The molecule has 1 aliphatic heterocycles. The third-order valence-electron chi connectivity index (χ3n) is 5.17. The number of aliphatic imine (C=N–C) groups is 1. The van der Waals surface area contributed by atoms with Gasteiger partial charge in [-0.25, -0.2) is 4.99 Å². The highest BCUT2D eigenvalue weighted by Gasteiger charge is 2.31. The van der Waals surface area contributed by atoms with Gasteiger partial charge in [0, 0.05) is 5.56 Å². The van der Waals surface area contributed by atoms with Crippen LogP contribution < -0.4 is 0 Å². The zero-order chi connectivity index (χ0) is 20.6. The van der Waals surface area contributed by atoms with Crippen molar-refractivity contribution < 1.29 is 17.9 Å². The van der Waals surface area contributed by atoms with Gasteiger partial charge in [0.1, 0.15) is 12.1 Å². The van der Waals surface area contributed by atoms with Crippen molar-refractivity contribution >= 4 is 5.90 Å². The fraction of sp³-hybridized carbons (Fsp3) is 0.208. The van der Waals surface area contributed by atoms with Crippen LogP contribution in [0.4, 0.5) is 13.2 Å². The van der Waals surface area contributed by atoms with E-state index < -0.39 is 11.7 Å². The third-order valence-corrected chi connectivity index (χ3v) is 5.17. The van der Waals surface area contributed by atoms with Crippen molar-refractivity contribution in [1.29, 1.82) is 0 Å². The van der Waals surface area contributed by atoms with Gasteiger partial charge in [-0.15, -0.1) is 0 Å². The summed E-state index contributed by atoms with van der Waals surface area (Å²) >= 11 is 0. The monoisotopic (exact) mass is 395 g/mol. The van der Waals surface area contributed by atoms with Crippen molar-refractivity contribution in [3.05, 3.63) is 95.1 Å². The van der Waals surface area contributed by atoms with Gasteiger partial charge in [-0.2, -0.15) is 13.2 Å². The molecule has 1 unspecified atom stereocenters. The molecule has 4 rings (SSSR count). The standard InChI is InChI=1S/C24H20F3NO/c1-15-5-3-4-6-21(15)23-28-22(16(2)29-23)19-9-7-17(8-10-19)18-11-13-20(14-12-18)24(25,26)27/h3-14,16,22H,1-2H3/t16-,22?/m0/s1. The second-order valence-electron chi connectivity index (χ2n) is 7.21. The van der Waals surface area contributed by atoms with Crippen LogP contribution in [0, 0.1) is 6.92 Å². The minimum atomic E-state index is -4.33. The Bertz CT molecular complexity index is 1040. The molecular weight excluding hydrogens is 375 g/mol. The molecule has 3 aromatic carbocycles. The number of halogens is 3. The van der Waals surface area contributed by atoms with Gasteiger partial charge < -0.3 is 4.74 Å². The summed E-state index contributed by atoms with van der Waals surface area (Å²) in [7, 11) is 0. The fourth-order valence-corrected chi connectivity index (χ4v) is 3.52. The lowest BCUT2D eigenvalue weighted by Crippen LogP contribution is -2.12. The van der Waals surface area contributed by atoms with Gasteiger partial charge in [-0.05, 0) is 54.3 Å². The summed E-state index contributed by atoms with van der Waals surface area (Å²) in [4.78, 5) is 4.78. The normalized spacial score (nSPS) is 19.0. The number of ether oxygens (including phenoxy) is 1. The Hall–Kier alpha value is -3.08. The number of hydrogen-bond donors (Lipinski definition) is 0. The van der Waals surface area contributed by atoms with Crippen LogP contribution in [0.25, 0.3) is 11.1 Å². The topological polar surface area (TPSA) is 21.6 Å². The first-order valence-electron chi connectivity index (χ1n) is 9.41.